The predicted octanol–water partition coefficient (Wildman–Crippen LogP) is 2.22. The largest absolute Gasteiger partial charge is 0.465 e. The molecule has 0 heterocycles. The van der Waals surface area contributed by atoms with Crippen molar-refractivity contribution in [1.29, 1.82) is 0 Å². The van der Waals surface area contributed by atoms with Crippen LogP contribution in [0.25, 0.3) is 0 Å². The molecule has 6 heteroatoms. The minimum absolute atomic E-state index is 0.127. The molecule has 0 aromatic carbocycles. The normalized spacial score (nSPS) is 22.3. The van der Waals surface area contributed by atoms with E-state index in [4.69, 9.17) is 14.2 Å². The van der Waals surface area contributed by atoms with Gasteiger partial charge < -0.3 is 24.4 Å². The fourth-order valence-electron chi connectivity index (χ4n) is 2.53. The quantitative estimate of drug-likeness (QED) is 0.362. The van der Waals surface area contributed by atoms with Gasteiger partial charge in [0.1, 0.15) is 6.79 Å². The fraction of sp³-hybridized carbons (Fsp3) is 0.941. The molecule has 6 nitrogen and oxygen atoms in total. The first kappa shape index (κ1) is 20.4. The van der Waals surface area contributed by atoms with Gasteiger partial charge in [-0.25, -0.2) is 0 Å². The summed E-state index contributed by atoms with van der Waals surface area (Å²) in [5.74, 6) is -0.414. The number of rotatable bonds is 10. The zero-order valence-electron chi connectivity index (χ0n) is 14.6. The van der Waals surface area contributed by atoms with Gasteiger partial charge in [-0.2, -0.15) is 0 Å². The molecule has 1 rings (SSSR count). The summed E-state index contributed by atoms with van der Waals surface area (Å²) in [6, 6.07) is 0. The fourth-order valence-corrected chi connectivity index (χ4v) is 2.53. The van der Waals surface area contributed by atoms with Crippen LogP contribution in [-0.4, -0.2) is 48.6 Å². The Morgan fingerprint density at radius 1 is 1.22 bits per heavy atom. The molecule has 0 amide bonds. The van der Waals surface area contributed by atoms with E-state index in [0.29, 0.717) is 19.6 Å². The summed E-state index contributed by atoms with van der Waals surface area (Å²) in [7, 11) is 0. The molecule has 0 radical (unpaired) electrons. The van der Waals surface area contributed by atoms with Crippen LogP contribution in [0.15, 0.2) is 0 Å². The monoisotopic (exact) mass is 332 g/mol. The number of hydrogen-bond donors (Lipinski definition) is 2. The number of esters is 1. The Hall–Kier alpha value is -0.690. The number of aliphatic hydroxyl groups excluding tert-OH is 1. The molecule has 1 saturated carbocycles. The standard InChI is InChI=1S/C17H32O6/c1-4-17(2,3)16(20)22-11-7-10-21-12-23-14-9-6-5-8-13(14)15(18)19/h13-15,18-19H,4-12H2,1-3H3. The summed E-state index contributed by atoms with van der Waals surface area (Å²) in [5, 5.41) is 18.7. The van der Waals surface area contributed by atoms with Gasteiger partial charge in [0.2, 0.25) is 0 Å². The molecule has 0 aromatic rings. The summed E-state index contributed by atoms with van der Waals surface area (Å²) in [5.41, 5.74) is -0.439. The highest BCUT2D eigenvalue weighted by Crippen LogP contribution is 2.28. The van der Waals surface area contributed by atoms with E-state index in [1.807, 2.05) is 20.8 Å². The molecule has 1 aliphatic carbocycles. The van der Waals surface area contributed by atoms with Crippen LogP contribution in [0.1, 0.15) is 59.3 Å². The summed E-state index contributed by atoms with van der Waals surface area (Å²) in [6.45, 7) is 6.61. The highest BCUT2D eigenvalue weighted by atomic mass is 16.7. The maximum absolute atomic E-state index is 11.8. The zero-order chi connectivity index (χ0) is 17.3. The SMILES string of the molecule is CCC(C)(C)C(=O)OCCCOCOC1CCCCC1C(O)O. The molecule has 2 unspecified atom stereocenters. The number of carbonyl (C=O) groups excluding carboxylic acids is 1. The van der Waals surface area contributed by atoms with Gasteiger partial charge >= 0.3 is 5.97 Å². The van der Waals surface area contributed by atoms with E-state index in [1.54, 1.807) is 0 Å². The molecule has 1 aliphatic rings. The van der Waals surface area contributed by atoms with Crippen LogP contribution in [0.5, 0.6) is 0 Å². The first-order valence-corrected chi connectivity index (χ1v) is 8.61. The Balaban J connectivity index is 2.08. The molecule has 1 fully saturated rings. The summed E-state index contributed by atoms with van der Waals surface area (Å²) >= 11 is 0. The van der Waals surface area contributed by atoms with E-state index in [1.165, 1.54) is 0 Å². The average molecular weight is 332 g/mol. The molecule has 0 aromatic heterocycles. The lowest BCUT2D eigenvalue weighted by molar-refractivity contribution is -0.174. The van der Waals surface area contributed by atoms with Crippen LogP contribution in [0.2, 0.25) is 0 Å². The third-order valence-corrected chi connectivity index (χ3v) is 4.60. The molecule has 2 N–H and O–H groups in total. The van der Waals surface area contributed by atoms with Gasteiger partial charge in [-0.05, 0) is 33.1 Å². The number of carbonyl (C=O) groups is 1. The van der Waals surface area contributed by atoms with Crippen molar-refractivity contribution < 1.29 is 29.2 Å². The highest BCUT2D eigenvalue weighted by Gasteiger charge is 2.30. The number of hydrogen-bond acceptors (Lipinski definition) is 6. The van der Waals surface area contributed by atoms with Crippen LogP contribution in [0.3, 0.4) is 0 Å². The third kappa shape index (κ3) is 7.16. The van der Waals surface area contributed by atoms with Crippen LogP contribution in [0.4, 0.5) is 0 Å². The average Bonchev–Trinajstić information content (AvgIpc) is 2.53. The number of ether oxygens (including phenoxy) is 3. The molecule has 0 saturated heterocycles. The van der Waals surface area contributed by atoms with Crippen molar-refractivity contribution in [3.8, 4) is 0 Å². The van der Waals surface area contributed by atoms with E-state index in [9.17, 15) is 15.0 Å². The van der Waals surface area contributed by atoms with Crippen molar-refractivity contribution in [1.82, 2.24) is 0 Å². The van der Waals surface area contributed by atoms with Crippen LogP contribution >= 0.6 is 0 Å². The predicted molar refractivity (Wildman–Crippen MR) is 85.5 cm³/mol. The third-order valence-electron chi connectivity index (χ3n) is 4.60. The minimum atomic E-state index is -1.33. The second-order valence-corrected chi connectivity index (χ2v) is 6.82. The Labute approximate surface area is 139 Å². The Morgan fingerprint density at radius 2 is 1.91 bits per heavy atom. The maximum Gasteiger partial charge on any atom is 0.311 e. The lowest BCUT2D eigenvalue weighted by Crippen LogP contribution is -2.36. The van der Waals surface area contributed by atoms with Crippen molar-refractivity contribution >= 4 is 5.97 Å². The van der Waals surface area contributed by atoms with E-state index >= 15 is 0 Å². The van der Waals surface area contributed by atoms with Crippen LogP contribution in [0, 0.1) is 11.3 Å². The second-order valence-electron chi connectivity index (χ2n) is 6.82. The maximum atomic E-state index is 11.8. The van der Waals surface area contributed by atoms with E-state index in [-0.39, 0.29) is 24.8 Å². The van der Waals surface area contributed by atoms with Crippen LogP contribution < -0.4 is 0 Å². The molecule has 0 aliphatic heterocycles. The Morgan fingerprint density at radius 3 is 2.57 bits per heavy atom. The van der Waals surface area contributed by atoms with Gasteiger partial charge in [0, 0.05) is 12.3 Å². The lowest BCUT2D eigenvalue weighted by atomic mass is 9.86. The first-order chi connectivity index (χ1) is 10.9. The highest BCUT2D eigenvalue weighted by molar-refractivity contribution is 5.75. The van der Waals surface area contributed by atoms with E-state index < -0.39 is 11.7 Å². The van der Waals surface area contributed by atoms with Crippen molar-refractivity contribution in [2.24, 2.45) is 11.3 Å². The van der Waals surface area contributed by atoms with Gasteiger partial charge in [-0.1, -0.05) is 19.8 Å². The zero-order valence-corrected chi connectivity index (χ0v) is 14.6. The molecular formula is C17H32O6. The number of aliphatic hydroxyl groups is 2. The van der Waals surface area contributed by atoms with Crippen LogP contribution in [-0.2, 0) is 19.0 Å². The molecule has 23 heavy (non-hydrogen) atoms. The van der Waals surface area contributed by atoms with E-state index in [2.05, 4.69) is 0 Å². The van der Waals surface area contributed by atoms with Crippen molar-refractivity contribution in [2.75, 3.05) is 20.0 Å². The minimum Gasteiger partial charge on any atom is -0.465 e. The Bertz CT molecular complexity index is 342. The van der Waals surface area contributed by atoms with Gasteiger partial charge in [0.15, 0.2) is 6.29 Å². The first-order valence-electron chi connectivity index (χ1n) is 8.61. The summed E-state index contributed by atoms with van der Waals surface area (Å²) in [4.78, 5) is 11.8. The van der Waals surface area contributed by atoms with Gasteiger partial charge in [-0.15, -0.1) is 0 Å². The Kier molecular flexibility index (Phi) is 9.06. The molecule has 0 spiro atoms. The van der Waals surface area contributed by atoms with E-state index in [0.717, 1.165) is 32.1 Å². The summed E-state index contributed by atoms with van der Waals surface area (Å²) in [6.07, 6.45) is 3.51. The van der Waals surface area contributed by atoms with Gasteiger partial charge in [0.25, 0.3) is 0 Å². The van der Waals surface area contributed by atoms with Crippen molar-refractivity contribution in [3.63, 3.8) is 0 Å². The van der Waals surface area contributed by atoms with Crippen molar-refractivity contribution in [3.05, 3.63) is 0 Å². The molecule has 2 atom stereocenters. The second kappa shape index (κ2) is 10.2. The topological polar surface area (TPSA) is 85.2 Å². The molecule has 0 bridgehead atoms. The molecule has 136 valence electrons. The van der Waals surface area contributed by atoms with Gasteiger partial charge in [0.05, 0.1) is 24.7 Å². The van der Waals surface area contributed by atoms with Crippen molar-refractivity contribution in [2.45, 2.75) is 71.7 Å². The molecular weight excluding hydrogens is 300 g/mol. The summed E-state index contributed by atoms with van der Waals surface area (Å²) < 4.78 is 16.2. The smallest absolute Gasteiger partial charge is 0.311 e. The van der Waals surface area contributed by atoms with Gasteiger partial charge in [-0.3, -0.25) is 4.79 Å². The lowest BCUT2D eigenvalue weighted by Gasteiger charge is -2.32.